The summed E-state index contributed by atoms with van der Waals surface area (Å²) in [7, 11) is 0. The standard InChI is InChI=1S/C22H24ClN7S/c1-13-3-2-4-14-15(13)11-22(19(14)24)6-9-30(10-7-22)21-27-12-17(28-29-21)31-16-5-8-26-20(25)18(16)23/h2-5,8,12,19H,6-7,9-11,24H2,1H3,(H2,25,26)/t19-/m0/s1. The van der Waals surface area contributed by atoms with Gasteiger partial charge in [0.05, 0.1) is 11.2 Å². The van der Waals surface area contributed by atoms with E-state index < -0.39 is 0 Å². The minimum atomic E-state index is 0.0971. The predicted molar refractivity (Wildman–Crippen MR) is 123 cm³/mol. The van der Waals surface area contributed by atoms with E-state index in [1.165, 1.54) is 28.5 Å². The average molecular weight is 454 g/mol. The third kappa shape index (κ3) is 3.62. The molecular formula is C22H24ClN7S. The van der Waals surface area contributed by atoms with Gasteiger partial charge < -0.3 is 16.4 Å². The molecule has 0 saturated carbocycles. The van der Waals surface area contributed by atoms with E-state index in [1.807, 2.05) is 0 Å². The number of rotatable bonds is 3. The molecule has 2 aliphatic rings. The topological polar surface area (TPSA) is 107 Å². The molecule has 3 aromatic rings. The van der Waals surface area contributed by atoms with Crippen LogP contribution in [0.15, 0.2) is 46.6 Å². The number of pyridine rings is 1. The van der Waals surface area contributed by atoms with Crippen LogP contribution < -0.4 is 16.4 Å². The molecule has 31 heavy (non-hydrogen) atoms. The smallest absolute Gasteiger partial charge is 0.245 e. The van der Waals surface area contributed by atoms with Crippen LogP contribution in [0.3, 0.4) is 0 Å². The number of benzene rings is 1. The highest BCUT2D eigenvalue weighted by molar-refractivity contribution is 7.99. The van der Waals surface area contributed by atoms with Crippen molar-refractivity contribution >= 4 is 35.1 Å². The summed E-state index contributed by atoms with van der Waals surface area (Å²) in [4.78, 5) is 11.5. The highest BCUT2D eigenvalue weighted by Gasteiger charge is 2.46. The Labute approximate surface area is 190 Å². The van der Waals surface area contributed by atoms with Crippen LogP contribution in [0.4, 0.5) is 11.8 Å². The van der Waals surface area contributed by atoms with Crippen molar-refractivity contribution in [2.45, 2.75) is 42.1 Å². The van der Waals surface area contributed by atoms with Gasteiger partial charge in [-0.05, 0) is 54.4 Å². The van der Waals surface area contributed by atoms with Gasteiger partial charge in [0.15, 0.2) is 0 Å². The number of nitrogen functional groups attached to an aromatic ring is 1. The van der Waals surface area contributed by atoms with Gasteiger partial charge in [0.25, 0.3) is 0 Å². The first-order valence-corrected chi connectivity index (χ1v) is 11.5. The normalized spacial score (nSPS) is 19.6. The number of piperidine rings is 1. The van der Waals surface area contributed by atoms with Gasteiger partial charge in [-0.1, -0.05) is 41.6 Å². The summed E-state index contributed by atoms with van der Waals surface area (Å²) in [5.74, 6) is 0.953. The Balaban J connectivity index is 1.26. The Morgan fingerprint density at radius 2 is 1.97 bits per heavy atom. The highest BCUT2D eigenvalue weighted by atomic mass is 35.5. The maximum Gasteiger partial charge on any atom is 0.245 e. The van der Waals surface area contributed by atoms with Gasteiger partial charge in [0, 0.05) is 30.2 Å². The van der Waals surface area contributed by atoms with E-state index in [0.29, 0.717) is 21.8 Å². The summed E-state index contributed by atoms with van der Waals surface area (Å²) >= 11 is 7.59. The van der Waals surface area contributed by atoms with Gasteiger partial charge in [0.1, 0.15) is 10.8 Å². The third-order valence-corrected chi connectivity index (χ3v) is 8.10. The third-order valence-electron chi connectivity index (χ3n) is 6.64. The summed E-state index contributed by atoms with van der Waals surface area (Å²) in [6.07, 6.45) is 6.46. The van der Waals surface area contributed by atoms with Gasteiger partial charge in [0.2, 0.25) is 5.95 Å². The number of aromatic nitrogens is 4. The zero-order valence-electron chi connectivity index (χ0n) is 17.3. The van der Waals surface area contributed by atoms with E-state index in [1.54, 1.807) is 18.5 Å². The molecule has 7 nitrogen and oxygen atoms in total. The molecular weight excluding hydrogens is 430 g/mol. The predicted octanol–water partition coefficient (Wildman–Crippen LogP) is 3.80. The maximum atomic E-state index is 6.74. The Morgan fingerprint density at radius 3 is 2.68 bits per heavy atom. The van der Waals surface area contributed by atoms with Crippen LogP contribution in [0, 0.1) is 12.3 Å². The molecule has 1 aliphatic heterocycles. The molecule has 5 rings (SSSR count). The number of fused-ring (bicyclic) bond motifs is 1. The summed E-state index contributed by atoms with van der Waals surface area (Å²) in [6, 6.07) is 8.40. The largest absolute Gasteiger partial charge is 0.382 e. The average Bonchev–Trinajstić information content (AvgIpc) is 3.06. The zero-order chi connectivity index (χ0) is 21.6. The second kappa shape index (κ2) is 7.93. The SMILES string of the molecule is Cc1cccc2c1CC1(CCN(c3ncc(Sc4ccnc(N)c4Cl)nn3)CC1)[C@H]2N. The van der Waals surface area contributed by atoms with Crippen LogP contribution in [0.25, 0.3) is 0 Å². The molecule has 1 aromatic carbocycles. The fourth-order valence-electron chi connectivity index (χ4n) is 4.77. The first-order chi connectivity index (χ1) is 15.0. The first kappa shape index (κ1) is 20.5. The van der Waals surface area contributed by atoms with Crippen molar-refractivity contribution in [1.29, 1.82) is 0 Å². The lowest BCUT2D eigenvalue weighted by atomic mass is 9.73. The Hall–Kier alpha value is -2.42. The molecule has 9 heteroatoms. The van der Waals surface area contributed by atoms with Crippen molar-refractivity contribution in [2.24, 2.45) is 11.1 Å². The fraction of sp³-hybridized carbons (Fsp3) is 0.364. The van der Waals surface area contributed by atoms with Crippen LogP contribution in [0.5, 0.6) is 0 Å². The van der Waals surface area contributed by atoms with E-state index in [2.05, 4.69) is 50.2 Å². The minimum absolute atomic E-state index is 0.0971. The van der Waals surface area contributed by atoms with Crippen LogP contribution in [-0.4, -0.2) is 33.3 Å². The van der Waals surface area contributed by atoms with Gasteiger partial charge >= 0.3 is 0 Å². The van der Waals surface area contributed by atoms with E-state index in [4.69, 9.17) is 23.1 Å². The molecule has 1 aliphatic carbocycles. The maximum absolute atomic E-state index is 6.74. The van der Waals surface area contributed by atoms with Gasteiger partial charge in [-0.25, -0.2) is 9.97 Å². The van der Waals surface area contributed by atoms with Gasteiger partial charge in [-0.2, -0.15) is 0 Å². The molecule has 2 aromatic heterocycles. The second-order valence-electron chi connectivity index (χ2n) is 8.35. The number of anilines is 2. The van der Waals surface area contributed by atoms with Crippen molar-refractivity contribution in [1.82, 2.24) is 20.2 Å². The van der Waals surface area contributed by atoms with Crippen LogP contribution in [0.1, 0.15) is 35.6 Å². The van der Waals surface area contributed by atoms with Crippen LogP contribution >= 0.6 is 23.4 Å². The molecule has 0 amide bonds. The lowest BCUT2D eigenvalue weighted by Gasteiger charge is -2.42. The highest BCUT2D eigenvalue weighted by Crippen LogP contribution is 2.51. The van der Waals surface area contributed by atoms with Crippen molar-refractivity contribution in [3.05, 3.63) is 58.4 Å². The van der Waals surface area contributed by atoms with E-state index in [-0.39, 0.29) is 11.5 Å². The molecule has 1 atom stereocenters. The van der Waals surface area contributed by atoms with Crippen molar-refractivity contribution in [3.8, 4) is 0 Å². The Bertz CT molecular complexity index is 1110. The Kier molecular flexibility index (Phi) is 5.24. The van der Waals surface area contributed by atoms with Gasteiger partial charge in [-0.3, -0.25) is 0 Å². The summed E-state index contributed by atoms with van der Waals surface area (Å²) in [6.45, 7) is 3.94. The van der Waals surface area contributed by atoms with Crippen molar-refractivity contribution < 1.29 is 0 Å². The van der Waals surface area contributed by atoms with E-state index >= 15 is 0 Å². The molecule has 0 unspecified atom stereocenters. The number of nitrogens with zero attached hydrogens (tertiary/aromatic N) is 5. The monoisotopic (exact) mass is 453 g/mol. The second-order valence-corrected chi connectivity index (χ2v) is 9.79. The molecule has 1 saturated heterocycles. The van der Waals surface area contributed by atoms with Gasteiger partial charge in [-0.15, -0.1) is 10.2 Å². The molecule has 160 valence electrons. The summed E-state index contributed by atoms with van der Waals surface area (Å²) in [5.41, 5.74) is 16.8. The number of nitrogens with two attached hydrogens (primary N) is 2. The zero-order valence-corrected chi connectivity index (χ0v) is 18.8. The number of aryl methyl sites for hydroxylation is 1. The molecule has 3 heterocycles. The summed E-state index contributed by atoms with van der Waals surface area (Å²) in [5, 5.41) is 9.77. The lowest BCUT2D eigenvalue weighted by Crippen LogP contribution is -2.45. The minimum Gasteiger partial charge on any atom is -0.382 e. The fourth-order valence-corrected chi connectivity index (χ4v) is 5.74. The molecule has 0 bridgehead atoms. The van der Waals surface area contributed by atoms with Crippen molar-refractivity contribution in [2.75, 3.05) is 23.7 Å². The van der Waals surface area contributed by atoms with Crippen LogP contribution in [0.2, 0.25) is 5.02 Å². The molecule has 1 fully saturated rings. The Morgan fingerprint density at radius 1 is 1.16 bits per heavy atom. The van der Waals surface area contributed by atoms with E-state index in [9.17, 15) is 0 Å². The summed E-state index contributed by atoms with van der Waals surface area (Å²) < 4.78 is 0. The van der Waals surface area contributed by atoms with Crippen LogP contribution in [-0.2, 0) is 6.42 Å². The molecule has 4 N–H and O–H groups in total. The number of hydrogen-bond donors (Lipinski definition) is 2. The first-order valence-electron chi connectivity index (χ1n) is 10.3. The van der Waals surface area contributed by atoms with E-state index in [0.717, 1.165) is 37.2 Å². The number of halogens is 1. The number of hydrogen-bond acceptors (Lipinski definition) is 8. The quantitative estimate of drug-likeness (QED) is 0.616. The lowest BCUT2D eigenvalue weighted by molar-refractivity contribution is 0.186. The van der Waals surface area contributed by atoms with Crippen molar-refractivity contribution in [3.63, 3.8) is 0 Å². The molecule has 1 spiro atoms. The molecule has 0 radical (unpaired) electrons.